The van der Waals surface area contributed by atoms with E-state index in [2.05, 4.69) is 6.92 Å². The van der Waals surface area contributed by atoms with Gasteiger partial charge in [0.15, 0.2) is 0 Å². The summed E-state index contributed by atoms with van der Waals surface area (Å²) in [5, 5.41) is 0.687. The van der Waals surface area contributed by atoms with E-state index in [4.69, 9.17) is 10.5 Å². The van der Waals surface area contributed by atoms with Crippen LogP contribution in [-0.4, -0.2) is 6.61 Å². The first kappa shape index (κ1) is 15.4. The van der Waals surface area contributed by atoms with Crippen LogP contribution in [0.4, 0.5) is 4.39 Å². The third-order valence-corrected chi connectivity index (χ3v) is 4.64. The van der Waals surface area contributed by atoms with Gasteiger partial charge in [0, 0.05) is 33.7 Å². The smallest absolute Gasteiger partial charge is 0.132 e. The average Bonchev–Trinajstić information content (AvgIpc) is 2.82. The van der Waals surface area contributed by atoms with E-state index in [1.807, 2.05) is 6.07 Å². The molecule has 0 aliphatic carbocycles. The number of ether oxygens (including phenoxy) is 1. The minimum absolute atomic E-state index is 0.178. The fraction of sp³-hybridized carbons (Fsp3) is 0.500. The van der Waals surface area contributed by atoms with Gasteiger partial charge in [0.2, 0.25) is 0 Å². The molecule has 1 aromatic carbocycles. The lowest BCUT2D eigenvalue weighted by Gasteiger charge is -2.06. The molecular formula is C16H22FNOS. The molecule has 20 heavy (non-hydrogen) atoms. The minimum atomic E-state index is -0.178. The van der Waals surface area contributed by atoms with Gasteiger partial charge in [-0.3, -0.25) is 0 Å². The molecule has 0 unspecified atom stereocenters. The lowest BCUT2D eigenvalue weighted by atomic mass is 10.1. The second kappa shape index (κ2) is 7.72. The van der Waals surface area contributed by atoms with Crippen molar-refractivity contribution in [1.29, 1.82) is 0 Å². The van der Waals surface area contributed by atoms with Crippen LogP contribution >= 0.6 is 11.3 Å². The Morgan fingerprint density at radius 3 is 2.85 bits per heavy atom. The van der Waals surface area contributed by atoms with Crippen molar-refractivity contribution in [2.45, 2.75) is 45.8 Å². The van der Waals surface area contributed by atoms with Crippen molar-refractivity contribution >= 4 is 21.4 Å². The van der Waals surface area contributed by atoms with Crippen LogP contribution in [0.5, 0.6) is 0 Å². The van der Waals surface area contributed by atoms with Crippen LogP contribution in [0, 0.1) is 5.82 Å². The highest BCUT2D eigenvalue weighted by Crippen LogP contribution is 2.33. The summed E-state index contributed by atoms with van der Waals surface area (Å²) in [6, 6.07) is 5.18. The monoisotopic (exact) mass is 295 g/mol. The van der Waals surface area contributed by atoms with Crippen LogP contribution in [-0.2, 0) is 17.9 Å². The number of halogens is 1. The summed E-state index contributed by atoms with van der Waals surface area (Å²) in [7, 11) is 0. The quantitative estimate of drug-likeness (QED) is 0.723. The van der Waals surface area contributed by atoms with Gasteiger partial charge < -0.3 is 10.5 Å². The Kier molecular flexibility index (Phi) is 5.95. The van der Waals surface area contributed by atoms with Crippen molar-refractivity contribution < 1.29 is 9.13 Å². The van der Waals surface area contributed by atoms with Gasteiger partial charge >= 0.3 is 0 Å². The van der Waals surface area contributed by atoms with Gasteiger partial charge in [0.05, 0.1) is 6.61 Å². The van der Waals surface area contributed by atoms with E-state index in [1.165, 1.54) is 25.3 Å². The van der Waals surface area contributed by atoms with Gasteiger partial charge in [0.25, 0.3) is 0 Å². The van der Waals surface area contributed by atoms with Gasteiger partial charge in [-0.1, -0.05) is 32.3 Å². The molecule has 2 N–H and O–H groups in total. The average molecular weight is 295 g/mol. The van der Waals surface area contributed by atoms with Gasteiger partial charge in [-0.2, -0.15) is 0 Å². The van der Waals surface area contributed by atoms with Crippen LogP contribution in [0.15, 0.2) is 18.2 Å². The molecule has 0 saturated carbocycles. The maximum atomic E-state index is 14.0. The molecule has 0 saturated heterocycles. The number of hydrogen-bond donors (Lipinski definition) is 1. The van der Waals surface area contributed by atoms with Crippen LogP contribution in [0.25, 0.3) is 10.1 Å². The van der Waals surface area contributed by atoms with Crippen LogP contribution in [0.2, 0.25) is 0 Å². The van der Waals surface area contributed by atoms with E-state index in [0.717, 1.165) is 28.2 Å². The second-order valence-corrected chi connectivity index (χ2v) is 6.07. The molecule has 0 spiro atoms. The number of hydrogen-bond acceptors (Lipinski definition) is 3. The van der Waals surface area contributed by atoms with Crippen molar-refractivity contribution in [2.24, 2.45) is 5.73 Å². The summed E-state index contributed by atoms with van der Waals surface area (Å²) in [6.07, 6.45) is 4.72. The largest absolute Gasteiger partial charge is 0.377 e. The number of rotatable bonds is 8. The highest BCUT2D eigenvalue weighted by molar-refractivity contribution is 7.19. The molecule has 0 radical (unpaired) electrons. The maximum Gasteiger partial charge on any atom is 0.132 e. The zero-order chi connectivity index (χ0) is 14.4. The lowest BCUT2D eigenvalue weighted by Crippen LogP contribution is -2.01. The summed E-state index contributed by atoms with van der Waals surface area (Å²) in [5.74, 6) is -0.178. The minimum Gasteiger partial charge on any atom is -0.377 e. The Bertz CT molecular complexity index is 553. The molecule has 0 atom stereocenters. The first-order valence-electron chi connectivity index (χ1n) is 7.24. The molecule has 0 fully saturated rings. The molecular weight excluding hydrogens is 273 g/mol. The van der Waals surface area contributed by atoms with E-state index in [1.54, 1.807) is 17.4 Å². The highest BCUT2D eigenvalue weighted by Gasteiger charge is 2.14. The number of unbranched alkanes of at least 4 members (excludes halogenated alkanes) is 3. The van der Waals surface area contributed by atoms with Crippen LogP contribution in [0.1, 0.15) is 43.0 Å². The predicted molar refractivity (Wildman–Crippen MR) is 83.5 cm³/mol. The van der Waals surface area contributed by atoms with Gasteiger partial charge in [-0.25, -0.2) is 4.39 Å². The zero-order valence-electron chi connectivity index (χ0n) is 12.0. The molecule has 1 heterocycles. The van der Waals surface area contributed by atoms with Crippen molar-refractivity contribution in [2.75, 3.05) is 6.61 Å². The molecule has 110 valence electrons. The van der Waals surface area contributed by atoms with E-state index < -0.39 is 0 Å². The van der Waals surface area contributed by atoms with Crippen LogP contribution in [0.3, 0.4) is 0 Å². The zero-order valence-corrected chi connectivity index (χ0v) is 12.8. The Hall–Kier alpha value is -0.970. The van der Waals surface area contributed by atoms with Crippen molar-refractivity contribution in [3.63, 3.8) is 0 Å². The Morgan fingerprint density at radius 2 is 2.10 bits per heavy atom. The normalized spacial score (nSPS) is 11.3. The SMILES string of the molecule is CCCCCCOCc1c(CN)sc2cccc(F)c12. The molecule has 2 rings (SSSR count). The third-order valence-electron chi connectivity index (χ3n) is 3.42. The van der Waals surface area contributed by atoms with Crippen molar-refractivity contribution in [1.82, 2.24) is 0 Å². The van der Waals surface area contributed by atoms with E-state index in [0.29, 0.717) is 18.5 Å². The Morgan fingerprint density at radius 1 is 1.25 bits per heavy atom. The molecule has 0 aliphatic rings. The molecule has 0 amide bonds. The number of nitrogens with two attached hydrogens (primary N) is 1. The van der Waals surface area contributed by atoms with E-state index in [-0.39, 0.29) is 5.82 Å². The van der Waals surface area contributed by atoms with Crippen molar-refractivity contribution in [3.05, 3.63) is 34.5 Å². The highest BCUT2D eigenvalue weighted by atomic mass is 32.1. The standard InChI is InChI=1S/C16H22FNOS/c1-2-3-4-5-9-19-11-12-15(10-18)20-14-8-6-7-13(17)16(12)14/h6-8H,2-5,9-11,18H2,1H3. The Labute approximate surface area is 123 Å². The predicted octanol–water partition coefficient (Wildman–Crippen LogP) is 4.60. The second-order valence-electron chi connectivity index (χ2n) is 4.93. The first-order chi connectivity index (χ1) is 9.77. The first-order valence-corrected chi connectivity index (χ1v) is 8.06. The molecule has 2 aromatic rings. The van der Waals surface area contributed by atoms with Crippen molar-refractivity contribution in [3.8, 4) is 0 Å². The molecule has 1 aromatic heterocycles. The third kappa shape index (κ3) is 3.57. The number of fused-ring (bicyclic) bond motifs is 1. The molecule has 0 aliphatic heterocycles. The summed E-state index contributed by atoms with van der Waals surface area (Å²) < 4.78 is 20.7. The topological polar surface area (TPSA) is 35.2 Å². The van der Waals surface area contributed by atoms with Gasteiger partial charge in [-0.15, -0.1) is 11.3 Å². The molecule has 0 bridgehead atoms. The van der Waals surface area contributed by atoms with Gasteiger partial charge in [-0.05, 0) is 18.6 Å². The number of benzene rings is 1. The lowest BCUT2D eigenvalue weighted by molar-refractivity contribution is 0.117. The molecule has 4 heteroatoms. The van der Waals surface area contributed by atoms with Gasteiger partial charge in [0.1, 0.15) is 5.82 Å². The molecule has 2 nitrogen and oxygen atoms in total. The fourth-order valence-electron chi connectivity index (χ4n) is 2.34. The summed E-state index contributed by atoms with van der Waals surface area (Å²) in [4.78, 5) is 1.03. The van der Waals surface area contributed by atoms with E-state index in [9.17, 15) is 4.39 Å². The summed E-state index contributed by atoms with van der Waals surface area (Å²) >= 11 is 1.56. The number of thiophene rings is 1. The Balaban J connectivity index is 2.04. The fourth-order valence-corrected chi connectivity index (χ4v) is 3.44. The summed E-state index contributed by atoms with van der Waals surface area (Å²) in [5.41, 5.74) is 6.70. The maximum absolute atomic E-state index is 14.0. The summed E-state index contributed by atoms with van der Waals surface area (Å²) in [6.45, 7) is 3.82. The van der Waals surface area contributed by atoms with E-state index >= 15 is 0 Å². The van der Waals surface area contributed by atoms with Crippen LogP contribution < -0.4 is 5.73 Å².